The molecular weight excluding hydrogens is 448 g/mol. The fourth-order valence-electron chi connectivity index (χ4n) is 4.03. The third-order valence-corrected chi connectivity index (χ3v) is 5.89. The van der Waals surface area contributed by atoms with Gasteiger partial charge in [0.15, 0.2) is 0 Å². The highest BCUT2D eigenvalue weighted by molar-refractivity contribution is 6.30. The first-order valence-corrected chi connectivity index (χ1v) is 10.9. The second-order valence-corrected chi connectivity index (χ2v) is 8.17. The Kier molecular flexibility index (Phi) is 5.54. The highest BCUT2D eigenvalue weighted by Crippen LogP contribution is 2.34. The third-order valence-electron chi connectivity index (χ3n) is 5.64. The molecule has 0 radical (unpaired) electrons. The lowest BCUT2D eigenvalue weighted by Crippen LogP contribution is -2.28. The summed E-state index contributed by atoms with van der Waals surface area (Å²) in [5.41, 5.74) is 2.73. The van der Waals surface area contributed by atoms with Crippen molar-refractivity contribution in [2.45, 2.75) is 5.92 Å². The molecule has 0 fully saturated rings. The number of nitriles is 1. The second kappa shape index (κ2) is 8.81. The van der Waals surface area contributed by atoms with Gasteiger partial charge < -0.3 is 4.98 Å². The smallest absolute Gasteiger partial charge is 0.266 e. The minimum atomic E-state index is -0.853. The Labute approximate surface area is 200 Å². The van der Waals surface area contributed by atoms with Crippen LogP contribution in [0.1, 0.15) is 22.7 Å². The Morgan fingerprint density at radius 3 is 2.18 bits per heavy atom. The van der Waals surface area contributed by atoms with Crippen LogP contribution in [0, 0.1) is 11.3 Å². The van der Waals surface area contributed by atoms with Gasteiger partial charge in [-0.2, -0.15) is 15.4 Å². The molecule has 1 aliphatic rings. The molecule has 0 bridgehead atoms. The predicted molar refractivity (Wildman–Crippen MR) is 132 cm³/mol. The molecule has 1 aliphatic heterocycles. The number of nitrogens with zero attached hydrogens (tertiary/aromatic N) is 3. The number of pyridine rings is 1. The summed E-state index contributed by atoms with van der Waals surface area (Å²) in [6, 6.07) is 29.0. The highest BCUT2D eigenvalue weighted by Gasteiger charge is 2.39. The first-order valence-electron chi connectivity index (χ1n) is 10.5. The van der Waals surface area contributed by atoms with Crippen LogP contribution >= 0.6 is 11.6 Å². The van der Waals surface area contributed by atoms with Crippen molar-refractivity contribution in [3.05, 3.63) is 123 Å². The van der Waals surface area contributed by atoms with Crippen molar-refractivity contribution in [1.82, 2.24) is 4.98 Å². The summed E-state index contributed by atoms with van der Waals surface area (Å²) >= 11 is 6.02. The van der Waals surface area contributed by atoms with Gasteiger partial charge in [-0.15, -0.1) is 0 Å². The predicted octanol–water partition coefficient (Wildman–Crippen LogP) is 5.10. The number of hydrazone groups is 1. The molecule has 0 aliphatic carbocycles. The maximum atomic E-state index is 13.7. The number of amides is 1. The third kappa shape index (κ3) is 3.79. The number of anilines is 1. The van der Waals surface area contributed by atoms with Crippen LogP contribution in [0.4, 0.5) is 5.69 Å². The Balaban J connectivity index is 1.69. The molecule has 164 valence electrons. The molecule has 3 aromatic carbocycles. The summed E-state index contributed by atoms with van der Waals surface area (Å²) in [5.74, 6) is -1.15. The summed E-state index contributed by atoms with van der Waals surface area (Å²) in [6.07, 6.45) is 0. The first-order chi connectivity index (χ1) is 16.6. The maximum Gasteiger partial charge on any atom is 0.266 e. The van der Waals surface area contributed by atoms with Gasteiger partial charge in [-0.25, -0.2) is 0 Å². The number of hydrogen-bond acceptors (Lipinski definition) is 4. The van der Waals surface area contributed by atoms with E-state index >= 15 is 0 Å². The summed E-state index contributed by atoms with van der Waals surface area (Å²) < 4.78 is 0. The highest BCUT2D eigenvalue weighted by atomic mass is 35.5. The number of rotatable bonds is 4. The van der Waals surface area contributed by atoms with E-state index in [1.165, 1.54) is 5.01 Å². The van der Waals surface area contributed by atoms with Gasteiger partial charge in [-0.05, 0) is 41.5 Å². The SMILES string of the molecule is N#Cc1c(-c2ccc(Cl)cc2)cc(C2C(=O)N(c3ccccc3)N=C2c2ccccc2)[nH]c1=O. The summed E-state index contributed by atoms with van der Waals surface area (Å²) in [7, 11) is 0. The molecule has 34 heavy (non-hydrogen) atoms. The Bertz CT molecular complexity index is 1500. The fraction of sp³-hybridized carbons (Fsp3) is 0.0370. The topological polar surface area (TPSA) is 89.3 Å². The Morgan fingerprint density at radius 1 is 0.882 bits per heavy atom. The molecular formula is C27H17ClN4O2. The van der Waals surface area contributed by atoms with Crippen molar-refractivity contribution in [1.29, 1.82) is 5.26 Å². The molecule has 1 aromatic heterocycles. The molecule has 0 saturated heterocycles. The molecule has 2 heterocycles. The number of para-hydroxylation sites is 1. The molecule has 0 spiro atoms. The molecule has 0 saturated carbocycles. The lowest BCUT2D eigenvalue weighted by atomic mass is 9.90. The van der Waals surface area contributed by atoms with Gasteiger partial charge >= 0.3 is 0 Å². The van der Waals surface area contributed by atoms with E-state index < -0.39 is 11.5 Å². The fourth-order valence-corrected chi connectivity index (χ4v) is 4.15. The van der Waals surface area contributed by atoms with Crippen LogP contribution in [0.2, 0.25) is 5.02 Å². The van der Waals surface area contributed by atoms with Gasteiger partial charge in [0.2, 0.25) is 0 Å². The van der Waals surface area contributed by atoms with Gasteiger partial charge in [0.05, 0.1) is 11.4 Å². The Morgan fingerprint density at radius 2 is 1.53 bits per heavy atom. The lowest BCUT2D eigenvalue weighted by Gasteiger charge is -2.16. The molecule has 5 rings (SSSR count). The standard InChI is InChI=1S/C27H17ClN4O2/c28-19-13-11-17(12-14-19)21-15-23(30-26(33)22(21)16-29)24-25(18-7-3-1-4-8-18)31-32(27(24)34)20-9-5-2-6-10-20/h1-15,24H,(H,30,33). The van der Waals surface area contributed by atoms with Crippen LogP contribution in [0.5, 0.6) is 0 Å². The van der Waals surface area contributed by atoms with E-state index in [2.05, 4.69) is 10.1 Å². The quantitative estimate of drug-likeness (QED) is 0.455. The molecule has 1 N–H and O–H groups in total. The average Bonchev–Trinajstić information content (AvgIpc) is 3.22. The van der Waals surface area contributed by atoms with Crippen LogP contribution in [-0.4, -0.2) is 16.6 Å². The molecule has 4 aromatic rings. The van der Waals surface area contributed by atoms with Gasteiger partial charge in [0.1, 0.15) is 17.6 Å². The van der Waals surface area contributed by atoms with Gasteiger partial charge in [-0.1, -0.05) is 72.3 Å². The monoisotopic (exact) mass is 464 g/mol. The van der Waals surface area contributed by atoms with Crippen molar-refractivity contribution in [3.8, 4) is 17.2 Å². The lowest BCUT2D eigenvalue weighted by molar-refractivity contribution is -0.118. The number of H-pyrrole nitrogens is 1. The van der Waals surface area contributed by atoms with E-state index in [1.807, 2.05) is 54.6 Å². The van der Waals surface area contributed by atoms with Crippen LogP contribution in [0.15, 0.2) is 101 Å². The van der Waals surface area contributed by atoms with Crippen molar-refractivity contribution >= 4 is 28.9 Å². The molecule has 6 nitrogen and oxygen atoms in total. The molecule has 1 unspecified atom stereocenters. The van der Waals surface area contributed by atoms with Crippen molar-refractivity contribution in [2.75, 3.05) is 5.01 Å². The zero-order valence-electron chi connectivity index (χ0n) is 17.8. The maximum absolute atomic E-state index is 13.7. The van der Waals surface area contributed by atoms with E-state index in [0.717, 1.165) is 5.56 Å². The number of nitrogens with one attached hydrogen (secondary N) is 1. The second-order valence-electron chi connectivity index (χ2n) is 7.73. The minimum Gasteiger partial charge on any atom is -0.324 e. The van der Waals surface area contributed by atoms with E-state index in [0.29, 0.717) is 33.2 Å². The first kappa shape index (κ1) is 21.4. The Hall–Kier alpha value is -4.47. The van der Waals surface area contributed by atoms with Gasteiger partial charge in [-0.3, -0.25) is 9.59 Å². The normalized spacial score (nSPS) is 15.2. The van der Waals surface area contributed by atoms with Crippen LogP contribution in [0.3, 0.4) is 0 Å². The molecule has 1 atom stereocenters. The van der Waals surface area contributed by atoms with Crippen LogP contribution < -0.4 is 10.6 Å². The molecule has 1 amide bonds. The summed E-state index contributed by atoms with van der Waals surface area (Å²) in [6.45, 7) is 0. The number of hydrogen-bond donors (Lipinski definition) is 1. The van der Waals surface area contributed by atoms with E-state index in [9.17, 15) is 14.9 Å². The number of carbonyl (C=O) groups excluding carboxylic acids is 1. The number of aromatic amines is 1. The van der Waals surface area contributed by atoms with Crippen LogP contribution in [0.25, 0.3) is 11.1 Å². The zero-order valence-corrected chi connectivity index (χ0v) is 18.5. The number of halogens is 1. The van der Waals surface area contributed by atoms with E-state index in [1.54, 1.807) is 42.5 Å². The number of carbonyl (C=O) groups is 1. The van der Waals surface area contributed by atoms with E-state index in [-0.39, 0.29) is 11.5 Å². The van der Waals surface area contributed by atoms with Crippen molar-refractivity contribution < 1.29 is 4.79 Å². The van der Waals surface area contributed by atoms with Crippen molar-refractivity contribution in [2.24, 2.45) is 5.10 Å². The van der Waals surface area contributed by atoms with Gasteiger partial charge in [0.25, 0.3) is 11.5 Å². The van der Waals surface area contributed by atoms with Crippen LogP contribution in [-0.2, 0) is 4.79 Å². The summed E-state index contributed by atoms with van der Waals surface area (Å²) in [4.78, 5) is 29.3. The minimum absolute atomic E-state index is 0.0327. The average molecular weight is 465 g/mol. The largest absolute Gasteiger partial charge is 0.324 e. The number of aromatic nitrogens is 1. The molecule has 7 heteroatoms. The number of benzene rings is 3. The van der Waals surface area contributed by atoms with Crippen molar-refractivity contribution in [3.63, 3.8) is 0 Å². The van der Waals surface area contributed by atoms with Gasteiger partial charge in [0, 0.05) is 16.3 Å². The zero-order chi connectivity index (χ0) is 23.7. The van der Waals surface area contributed by atoms with E-state index in [4.69, 9.17) is 11.6 Å². The summed E-state index contributed by atoms with van der Waals surface area (Å²) in [5, 5.41) is 16.2.